The summed E-state index contributed by atoms with van der Waals surface area (Å²) in [6.45, 7) is 0. The van der Waals surface area contributed by atoms with Crippen LogP contribution in [0.4, 0.5) is 0 Å². The fraction of sp³-hybridized carbons (Fsp3) is 0.158. The molecule has 7 nitrogen and oxygen atoms in total. The summed E-state index contributed by atoms with van der Waals surface area (Å²) >= 11 is 0. The lowest BCUT2D eigenvalue weighted by molar-refractivity contribution is -0.137. The van der Waals surface area contributed by atoms with Gasteiger partial charge in [0.25, 0.3) is 5.91 Å². The van der Waals surface area contributed by atoms with Crippen LogP contribution in [-0.2, 0) is 9.59 Å². The Balaban J connectivity index is 1.83. The minimum Gasteiger partial charge on any atom is -0.481 e. The Morgan fingerprint density at radius 3 is 2.31 bits per heavy atom. The highest BCUT2D eigenvalue weighted by molar-refractivity contribution is 6.22. The van der Waals surface area contributed by atoms with Crippen LogP contribution in [0, 0.1) is 0 Å². The van der Waals surface area contributed by atoms with E-state index in [1.54, 1.807) is 24.3 Å². The van der Waals surface area contributed by atoms with Crippen LogP contribution >= 0.6 is 0 Å². The van der Waals surface area contributed by atoms with Crippen LogP contribution in [0.1, 0.15) is 39.1 Å². The van der Waals surface area contributed by atoms with E-state index in [1.807, 2.05) is 12.1 Å². The predicted octanol–water partition coefficient (Wildman–Crippen LogP) is 1.35. The molecule has 2 amide bonds. The van der Waals surface area contributed by atoms with Crippen molar-refractivity contribution in [3.63, 3.8) is 0 Å². The number of fused-ring (bicyclic) bond motifs is 3. The molecule has 7 heteroatoms. The van der Waals surface area contributed by atoms with Crippen LogP contribution in [0.3, 0.4) is 0 Å². The Kier molecular flexibility index (Phi) is 4.53. The first kappa shape index (κ1) is 17.3. The largest absolute Gasteiger partial charge is 0.481 e. The molecule has 1 atom stereocenters. The molecule has 1 aliphatic carbocycles. The number of amides is 2. The maximum atomic E-state index is 12.5. The van der Waals surface area contributed by atoms with Crippen molar-refractivity contribution in [2.45, 2.75) is 18.9 Å². The van der Waals surface area contributed by atoms with E-state index in [4.69, 9.17) is 10.8 Å². The van der Waals surface area contributed by atoms with Crippen LogP contribution in [0.25, 0.3) is 11.1 Å². The third-order valence-electron chi connectivity index (χ3n) is 4.28. The third-order valence-corrected chi connectivity index (χ3v) is 4.28. The second-order valence-corrected chi connectivity index (χ2v) is 6.00. The van der Waals surface area contributed by atoms with Gasteiger partial charge in [-0.25, -0.2) is 0 Å². The van der Waals surface area contributed by atoms with Crippen LogP contribution in [0.5, 0.6) is 0 Å². The van der Waals surface area contributed by atoms with Gasteiger partial charge in [0.2, 0.25) is 5.91 Å². The first-order valence-electron chi connectivity index (χ1n) is 7.98. The zero-order chi connectivity index (χ0) is 18.8. The van der Waals surface area contributed by atoms with Gasteiger partial charge in [-0.1, -0.05) is 30.3 Å². The zero-order valence-corrected chi connectivity index (χ0v) is 13.7. The number of aliphatic carboxylic acids is 1. The second kappa shape index (κ2) is 6.79. The number of primary amides is 1. The minimum absolute atomic E-state index is 0.105. The van der Waals surface area contributed by atoms with Crippen molar-refractivity contribution >= 4 is 23.6 Å². The summed E-state index contributed by atoms with van der Waals surface area (Å²) in [6.07, 6.45) is -0.405. The summed E-state index contributed by atoms with van der Waals surface area (Å²) in [6, 6.07) is 10.8. The molecular formula is C19H16N2O5. The predicted molar refractivity (Wildman–Crippen MR) is 92.6 cm³/mol. The number of nitrogens with two attached hydrogens (primary N) is 1. The fourth-order valence-corrected chi connectivity index (χ4v) is 2.96. The maximum Gasteiger partial charge on any atom is 0.303 e. The molecule has 0 aliphatic heterocycles. The smallest absolute Gasteiger partial charge is 0.303 e. The normalized spacial score (nSPS) is 12.8. The van der Waals surface area contributed by atoms with Gasteiger partial charge in [0.05, 0.1) is 0 Å². The van der Waals surface area contributed by atoms with Crippen LogP contribution in [0.15, 0.2) is 42.5 Å². The zero-order valence-electron chi connectivity index (χ0n) is 13.7. The molecule has 26 heavy (non-hydrogen) atoms. The number of carbonyl (C=O) groups excluding carboxylic acids is 3. The number of carboxylic acids is 1. The van der Waals surface area contributed by atoms with Crippen LogP contribution in [-0.4, -0.2) is 34.7 Å². The van der Waals surface area contributed by atoms with Crippen molar-refractivity contribution in [3.05, 3.63) is 59.2 Å². The van der Waals surface area contributed by atoms with Crippen molar-refractivity contribution in [1.82, 2.24) is 5.32 Å². The summed E-state index contributed by atoms with van der Waals surface area (Å²) in [5.74, 6) is -2.66. The van der Waals surface area contributed by atoms with Gasteiger partial charge in [-0.15, -0.1) is 0 Å². The highest BCUT2D eigenvalue weighted by Crippen LogP contribution is 2.36. The summed E-state index contributed by atoms with van der Waals surface area (Å²) < 4.78 is 0. The number of benzene rings is 2. The Labute approximate surface area is 148 Å². The van der Waals surface area contributed by atoms with Crippen molar-refractivity contribution < 1.29 is 24.3 Å². The molecule has 2 aromatic carbocycles. The maximum absolute atomic E-state index is 12.5. The average molecular weight is 352 g/mol. The van der Waals surface area contributed by atoms with Gasteiger partial charge < -0.3 is 16.2 Å². The molecule has 4 N–H and O–H groups in total. The first-order chi connectivity index (χ1) is 12.4. The Hall–Kier alpha value is -3.48. The van der Waals surface area contributed by atoms with E-state index < -0.39 is 23.8 Å². The van der Waals surface area contributed by atoms with E-state index >= 15 is 0 Å². The van der Waals surface area contributed by atoms with Gasteiger partial charge in [-0.3, -0.25) is 19.2 Å². The van der Waals surface area contributed by atoms with Crippen molar-refractivity contribution in [3.8, 4) is 11.1 Å². The molecule has 0 spiro atoms. The number of hydrogen-bond donors (Lipinski definition) is 3. The Bertz CT molecular complexity index is 935. The highest BCUT2D eigenvalue weighted by Gasteiger charge is 2.27. The van der Waals surface area contributed by atoms with Gasteiger partial charge in [-0.05, 0) is 29.7 Å². The SMILES string of the molecule is NC(=O)[C@H](CCC(=O)O)NC(=O)c1ccc2c(c1)C(=O)c1ccccc1-2. The molecule has 0 radical (unpaired) electrons. The van der Waals surface area contributed by atoms with E-state index in [2.05, 4.69) is 5.32 Å². The molecule has 0 unspecified atom stereocenters. The Morgan fingerprint density at radius 2 is 1.65 bits per heavy atom. The minimum atomic E-state index is -1.10. The van der Waals surface area contributed by atoms with Crippen molar-refractivity contribution in [2.75, 3.05) is 0 Å². The van der Waals surface area contributed by atoms with Gasteiger partial charge in [0.1, 0.15) is 6.04 Å². The molecule has 132 valence electrons. The van der Waals surface area contributed by atoms with E-state index in [1.165, 1.54) is 6.07 Å². The number of carboxylic acid groups (broad SMARTS) is 1. The summed E-state index contributed by atoms with van der Waals surface area (Å²) in [5.41, 5.74) is 7.98. The van der Waals surface area contributed by atoms with Gasteiger partial charge >= 0.3 is 5.97 Å². The van der Waals surface area contributed by atoms with E-state index in [0.717, 1.165) is 11.1 Å². The fourth-order valence-electron chi connectivity index (χ4n) is 2.96. The van der Waals surface area contributed by atoms with Gasteiger partial charge in [0.15, 0.2) is 5.78 Å². The number of hydrogen-bond acceptors (Lipinski definition) is 4. The lowest BCUT2D eigenvalue weighted by atomic mass is 10.0. The molecule has 2 aromatic rings. The standard InChI is InChI=1S/C19H16N2O5/c20-18(25)15(7-8-16(22)23)21-19(26)10-5-6-12-11-3-1-2-4-13(11)17(24)14(12)9-10/h1-6,9,15H,7-8H2,(H2,20,25)(H,21,26)(H,22,23)/t15-/m0/s1. The lowest BCUT2D eigenvalue weighted by Gasteiger charge is -2.15. The Morgan fingerprint density at radius 1 is 1.00 bits per heavy atom. The number of carbonyl (C=O) groups is 4. The molecule has 0 heterocycles. The molecule has 0 fully saturated rings. The summed E-state index contributed by atoms with van der Waals surface area (Å²) in [7, 11) is 0. The molecule has 0 bridgehead atoms. The summed E-state index contributed by atoms with van der Waals surface area (Å²) in [5, 5.41) is 11.1. The van der Waals surface area contributed by atoms with E-state index in [9.17, 15) is 19.2 Å². The van der Waals surface area contributed by atoms with Crippen molar-refractivity contribution in [2.24, 2.45) is 5.73 Å². The number of ketones is 1. The summed E-state index contributed by atoms with van der Waals surface area (Å²) in [4.78, 5) is 47.0. The number of nitrogens with one attached hydrogen (secondary N) is 1. The monoisotopic (exact) mass is 352 g/mol. The van der Waals surface area contributed by atoms with E-state index in [0.29, 0.717) is 11.1 Å². The lowest BCUT2D eigenvalue weighted by Crippen LogP contribution is -2.44. The molecular weight excluding hydrogens is 336 g/mol. The van der Waals surface area contributed by atoms with Crippen LogP contribution in [0.2, 0.25) is 0 Å². The second-order valence-electron chi connectivity index (χ2n) is 6.00. The molecule has 0 aromatic heterocycles. The van der Waals surface area contributed by atoms with Gasteiger partial charge in [-0.2, -0.15) is 0 Å². The molecule has 3 rings (SSSR count). The molecule has 0 saturated heterocycles. The number of rotatable bonds is 6. The topological polar surface area (TPSA) is 127 Å². The quantitative estimate of drug-likeness (QED) is 0.617. The van der Waals surface area contributed by atoms with Crippen molar-refractivity contribution in [1.29, 1.82) is 0 Å². The third kappa shape index (κ3) is 3.19. The molecule has 0 saturated carbocycles. The highest BCUT2D eigenvalue weighted by atomic mass is 16.4. The molecule has 1 aliphatic rings. The van der Waals surface area contributed by atoms with E-state index in [-0.39, 0.29) is 24.2 Å². The first-order valence-corrected chi connectivity index (χ1v) is 7.98. The van der Waals surface area contributed by atoms with Gasteiger partial charge in [0, 0.05) is 23.1 Å². The van der Waals surface area contributed by atoms with Crippen LogP contribution < -0.4 is 11.1 Å². The average Bonchev–Trinajstić information content (AvgIpc) is 2.90.